The van der Waals surface area contributed by atoms with Crippen LogP contribution in [0.3, 0.4) is 0 Å². The summed E-state index contributed by atoms with van der Waals surface area (Å²) in [5, 5.41) is 8.78. The van der Waals surface area contributed by atoms with Crippen LogP contribution < -0.4 is 0 Å². The highest BCUT2D eigenvalue weighted by Gasteiger charge is 2.04. The molecule has 1 heterocycles. The second-order valence-electron chi connectivity index (χ2n) is 2.73. The van der Waals surface area contributed by atoms with Crippen LogP contribution in [0.4, 0.5) is 0 Å². The van der Waals surface area contributed by atoms with Crippen molar-refractivity contribution in [3.05, 3.63) is 34.1 Å². The highest BCUT2D eigenvalue weighted by Crippen LogP contribution is 2.11. The van der Waals surface area contributed by atoms with Crippen LogP contribution in [0.15, 0.2) is 28.4 Å². The number of nitrogens with zero attached hydrogens (tertiary/aromatic N) is 1. The Labute approximate surface area is 90.6 Å². The third-order valence-electron chi connectivity index (χ3n) is 1.73. The number of halogens is 1. The monoisotopic (exact) mass is 255 g/mol. The summed E-state index contributed by atoms with van der Waals surface area (Å²) in [5.41, 5.74) is 1.02. The Bertz CT molecular complexity index is 357. The molecule has 0 bridgehead atoms. The molecule has 0 fully saturated rings. The predicted octanol–water partition coefficient (Wildman–Crippen LogP) is 2.72. The molecule has 4 heteroatoms. The Hall–Kier alpha value is -1.16. The van der Waals surface area contributed by atoms with Crippen molar-refractivity contribution in [2.24, 2.45) is 0 Å². The number of hydrogen-bond donors (Lipinski definition) is 1. The molecule has 0 aromatic carbocycles. The highest BCUT2D eigenvalue weighted by atomic mass is 79.9. The van der Waals surface area contributed by atoms with Gasteiger partial charge in [0.05, 0.1) is 5.69 Å². The van der Waals surface area contributed by atoms with Crippen LogP contribution in [0.2, 0.25) is 0 Å². The van der Waals surface area contributed by atoms with E-state index in [4.69, 9.17) is 5.11 Å². The Morgan fingerprint density at radius 2 is 2.36 bits per heavy atom. The standard InChI is InChI=1S/C10H10BrNO2/c1-2-7(10(13)14)5-9-4-3-8(11)6-12-9/h3-6H,2H2,1H3,(H,13,14)/b7-5+. The molecule has 1 N–H and O–H groups in total. The Morgan fingerprint density at radius 3 is 2.79 bits per heavy atom. The fourth-order valence-corrected chi connectivity index (χ4v) is 1.20. The normalized spacial score (nSPS) is 11.4. The first-order valence-corrected chi connectivity index (χ1v) is 4.98. The molecule has 0 saturated heterocycles. The number of rotatable bonds is 3. The van der Waals surface area contributed by atoms with Gasteiger partial charge in [0.15, 0.2) is 0 Å². The molecule has 0 atom stereocenters. The minimum Gasteiger partial charge on any atom is -0.478 e. The number of carboxylic acids is 1. The number of pyridine rings is 1. The van der Waals surface area contributed by atoms with Crippen LogP contribution in [0.1, 0.15) is 19.0 Å². The van der Waals surface area contributed by atoms with E-state index in [1.54, 1.807) is 25.3 Å². The smallest absolute Gasteiger partial charge is 0.331 e. The molecule has 0 aliphatic heterocycles. The summed E-state index contributed by atoms with van der Waals surface area (Å²) in [5.74, 6) is -0.891. The lowest BCUT2D eigenvalue weighted by molar-refractivity contribution is -0.132. The van der Waals surface area contributed by atoms with Crippen molar-refractivity contribution in [2.75, 3.05) is 0 Å². The van der Waals surface area contributed by atoms with E-state index in [9.17, 15) is 4.79 Å². The van der Waals surface area contributed by atoms with Gasteiger partial charge in [-0.3, -0.25) is 4.98 Å². The maximum Gasteiger partial charge on any atom is 0.331 e. The molecule has 0 saturated carbocycles. The van der Waals surface area contributed by atoms with Crippen molar-refractivity contribution in [1.82, 2.24) is 4.98 Å². The molecule has 74 valence electrons. The summed E-state index contributed by atoms with van der Waals surface area (Å²) in [7, 11) is 0. The zero-order chi connectivity index (χ0) is 10.6. The van der Waals surface area contributed by atoms with Crippen molar-refractivity contribution in [3.63, 3.8) is 0 Å². The topological polar surface area (TPSA) is 50.2 Å². The van der Waals surface area contributed by atoms with E-state index in [2.05, 4.69) is 20.9 Å². The lowest BCUT2D eigenvalue weighted by Gasteiger charge is -1.97. The first-order chi connectivity index (χ1) is 6.63. The van der Waals surface area contributed by atoms with Gasteiger partial charge >= 0.3 is 5.97 Å². The van der Waals surface area contributed by atoms with Crippen LogP contribution in [0.25, 0.3) is 6.08 Å². The largest absolute Gasteiger partial charge is 0.478 e. The van der Waals surface area contributed by atoms with Gasteiger partial charge in [0, 0.05) is 16.2 Å². The van der Waals surface area contributed by atoms with E-state index >= 15 is 0 Å². The maximum atomic E-state index is 10.7. The molecule has 14 heavy (non-hydrogen) atoms. The lowest BCUT2D eigenvalue weighted by Crippen LogP contribution is -1.99. The van der Waals surface area contributed by atoms with Crippen LogP contribution in [-0.2, 0) is 4.79 Å². The molecular weight excluding hydrogens is 246 g/mol. The van der Waals surface area contributed by atoms with Gasteiger partial charge < -0.3 is 5.11 Å². The maximum absolute atomic E-state index is 10.7. The number of aliphatic carboxylic acids is 1. The Balaban J connectivity index is 2.95. The van der Waals surface area contributed by atoms with E-state index < -0.39 is 5.97 Å². The van der Waals surface area contributed by atoms with E-state index in [1.165, 1.54) is 0 Å². The van der Waals surface area contributed by atoms with E-state index in [0.29, 0.717) is 17.7 Å². The Morgan fingerprint density at radius 1 is 1.64 bits per heavy atom. The highest BCUT2D eigenvalue weighted by molar-refractivity contribution is 9.10. The van der Waals surface area contributed by atoms with E-state index in [0.717, 1.165) is 4.47 Å². The molecule has 0 amide bonds. The van der Waals surface area contributed by atoms with Gasteiger partial charge in [-0.1, -0.05) is 6.92 Å². The van der Waals surface area contributed by atoms with Crippen molar-refractivity contribution in [2.45, 2.75) is 13.3 Å². The van der Waals surface area contributed by atoms with Crippen LogP contribution in [0, 0.1) is 0 Å². The van der Waals surface area contributed by atoms with Crippen LogP contribution in [-0.4, -0.2) is 16.1 Å². The molecule has 0 unspecified atom stereocenters. The summed E-state index contributed by atoms with van der Waals surface area (Å²) in [4.78, 5) is 14.8. The quantitative estimate of drug-likeness (QED) is 0.846. The summed E-state index contributed by atoms with van der Waals surface area (Å²) in [6.07, 6.45) is 3.71. The first kappa shape index (κ1) is 10.9. The van der Waals surface area contributed by atoms with Gasteiger partial charge in [-0.2, -0.15) is 0 Å². The number of aromatic nitrogens is 1. The summed E-state index contributed by atoms with van der Waals surface area (Å²) in [6, 6.07) is 3.59. The fraction of sp³-hybridized carbons (Fsp3) is 0.200. The van der Waals surface area contributed by atoms with E-state index in [1.807, 2.05) is 6.07 Å². The molecule has 1 aromatic heterocycles. The Kier molecular flexibility index (Phi) is 3.83. The lowest BCUT2D eigenvalue weighted by atomic mass is 10.1. The second kappa shape index (κ2) is 4.91. The molecular formula is C10H10BrNO2. The molecule has 0 aliphatic rings. The second-order valence-corrected chi connectivity index (χ2v) is 3.65. The third-order valence-corrected chi connectivity index (χ3v) is 2.20. The van der Waals surface area contributed by atoms with E-state index in [-0.39, 0.29) is 0 Å². The average molecular weight is 256 g/mol. The number of carboxylic acid groups (broad SMARTS) is 1. The molecule has 3 nitrogen and oxygen atoms in total. The molecule has 0 spiro atoms. The van der Waals surface area contributed by atoms with Crippen LogP contribution >= 0.6 is 15.9 Å². The molecule has 1 rings (SSSR count). The minimum atomic E-state index is -0.891. The van der Waals surface area contributed by atoms with Crippen molar-refractivity contribution in [3.8, 4) is 0 Å². The van der Waals surface area contributed by atoms with Gasteiger partial charge in [-0.05, 0) is 40.6 Å². The molecule has 0 radical (unpaired) electrons. The molecule has 0 aliphatic carbocycles. The number of hydrogen-bond acceptors (Lipinski definition) is 2. The van der Waals surface area contributed by atoms with Gasteiger partial charge in [-0.25, -0.2) is 4.79 Å². The molecule has 1 aromatic rings. The van der Waals surface area contributed by atoms with Gasteiger partial charge in [0.25, 0.3) is 0 Å². The predicted molar refractivity (Wildman–Crippen MR) is 57.8 cm³/mol. The summed E-state index contributed by atoms with van der Waals surface area (Å²) in [6.45, 7) is 1.80. The summed E-state index contributed by atoms with van der Waals surface area (Å²) >= 11 is 3.26. The van der Waals surface area contributed by atoms with Gasteiger partial charge in [-0.15, -0.1) is 0 Å². The van der Waals surface area contributed by atoms with Crippen molar-refractivity contribution < 1.29 is 9.90 Å². The summed E-state index contributed by atoms with van der Waals surface area (Å²) < 4.78 is 0.878. The fourth-order valence-electron chi connectivity index (χ4n) is 0.966. The van der Waals surface area contributed by atoms with Gasteiger partial charge in [0.1, 0.15) is 0 Å². The van der Waals surface area contributed by atoms with Crippen molar-refractivity contribution >= 4 is 28.0 Å². The SMILES string of the molecule is CC/C(=C\c1ccc(Br)cn1)C(=O)O. The third kappa shape index (κ3) is 2.96. The minimum absolute atomic E-state index is 0.361. The van der Waals surface area contributed by atoms with Crippen LogP contribution in [0.5, 0.6) is 0 Å². The average Bonchev–Trinajstić information content (AvgIpc) is 2.16. The zero-order valence-electron chi connectivity index (χ0n) is 7.70. The van der Waals surface area contributed by atoms with Gasteiger partial charge in [0.2, 0.25) is 0 Å². The van der Waals surface area contributed by atoms with Crippen molar-refractivity contribution in [1.29, 1.82) is 0 Å². The zero-order valence-corrected chi connectivity index (χ0v) is 9.28. The first-order valence-electron chi connectivity index (χ1n) is 4.19. The number of carbonyl (C=O) groups is 1.